The summed E-state index contributed by atoms with van der Waals surface area (Å²) in [5.41, 5.74) is 0.392. The molecule has 17 heavy (non-hydrogen) atoms. The van der Waals surface area contributed by atoms with Crippen molar-refractivity contribution in [2.75, 3.05) is 5.32 Å². The predicted molar refractivity (Wildman–Crippen MR) is 66.6 cm³/mol. The third-order valence-corrected chi connectivity index (χ3v) is 2.82. The molecule has 0 aliphatic heterocycles. The first-order valence-electron chi connectivity index (χ1n) is 5.40. The summed E-state index contributed by atoms with van der Waals surface area (Å²) in [6, 6.07) is 4.88. The van der Waals surface area contributed by atoms with Gasteiger partial charge >= 0.3 is 0 Å². The highest BCUT2D eigenvalue weighted by Gasteiger charge is 2.07. The zero-order chi connectivity index (χ0) is 12.3. The molecule has 90 valence electrons. The van der Waals surface area contributed by atoms with Crippen molar-refractivity contribution in [2.45, 2.75) is 20.0 Å². The van der Waals surface area contributed by atoms with Gasteiger partial charge in [0.15, 0.2) is 5.82 Å². The van der Waals surface area contributed by atoms with Gasteiger partial charge in [0.25, 0.3) is 0 Å². The lowest BCUT2D eigenvalue weighted by Gasteiger charge is -2.09. The predicted octanol–water partition coefficient (Wildman–Crippen LogP) is 3.31. The number of nitrogens with zero attached hydrogens (tertiary/aromatic N) is 2. The molecule has 0 aliphatic rings. The molecule has 0 radical (unpaired) electrons. The van der Waals surface area contributed by atoms with Crippen LogP contribution >= 0.6 is 11.6 Å². The number of halogens is 2. The molecule has 1 N–H and O–H groups in total. The van der Waals surface area contributed by atoms with Crippen LogP contribution in [0, 0.1) is 5.82 Å². The molecule has 1 heterocycles. The third-order valence-electron chi connectivity index (χ3n) is 2.53. The molecule has 0 amide bonds. The van der Waals surface area contributed by atoms with Crippen molar-refractivity contribution < 1.29 is 4.39 Å². The quantitative estimate of drug-likeness (QED) is 0.906. The number of hydrogen-bond acceptors (Lipinski definition) is 2. The van der Waals surface area contributed by atoms with Crippen LogP contribution in [0.5, 0.6) is 0 Å². The lowest BCUT2D eigenvalue weighted by atomic mass is 10.3. The van der Waals surface area contributed by atoms with Crippen LogP contribution in [0.1, 0.15) is 12.7 Å². The van der Waals surface area contributed by atoms with Crippen molar-refractivity contribution in [3.05, 3.63) is 47.3 Å². The SMILES string of the molecule is CCn1ccnc1CNc1cccc(Cl)c1F. The van der Waals surface area contributed by atoms with Gasteiger partial charge < -0.3 is 9.88 Å². The highest BCUT2D eigenvalue weighted by Crippen LogP contribution is 2.22. The summed E-state index contributed by atoms with van der Waals surface area (Å²) in [5.74, 6) is 0.440. The van der Waals surface area contributed by atoms with Crippen molar-refractivity contribution in [3.63, 3.8) is 0 Å². The van der Waals surface area contributed by atoms with Crippen LogP contribution in [-0.4, -0.2) is 9.55 Å². The fraction of sp³-hybridized carbons (Fsp3) is 0.250. The minimum absolute atomic E-state index is 0.119. The number of aryl methyl sites for hydroxylation is 1. The molecule has 0 saturated heterocycles. The molecule has 0 spiro atoms. The fourth-order valence-corrected chi connectivity index (χ4v) is 1.78. The van der Waals surface area contributed by atoms with Crippen LogP contribution in [0.25, 0.3) is 0 Å². The number of anilines is 1. The molecule has 0 saturated carbocycles. The van der Waals surface area contributed by atoms with Gasteiger partial charge in [-0.25, -0.2) is 9.37 Å². The number of rotatable bonds is 4. The molecule has 2 rings (SSSR count). The normalized spacial score (nSPS) is 10.5. The van der Waals surface area contributed by atoms with Crippen LogP contribution in [0.15, 0.2) is 30.6 Å². The standard InChI is InChI=1S/C12H13ClFN3/c1-2-17-7-6-15-11(17)8-16-10-5-3-4-9(13)12(10)14/h3-7,16H,2,8H2,1H3. The molecule has 5 heteroatoms. The van der Waals surface area contributed by atoms with E-state index in [4.69, 9.17) is 11.6 Å². The molecule has 1 aromatic carbocycles. The Morgan fingerprint density at radius 2 is 2.29 bits per heavy atom. The summed E-state index contributed by atoms with van der Waals surface area (Å²) in [4.78, 5) is 4.20. The first kappa shape index (κ1) is 11.9. The second-order valence-corrected chi connectivity index (χ2v) is 3.99. The summed E-state index contributed by atoms with van der Waals surface area (Å²) < 4.78 is 15.6. The number of aromatic nitrogens is 2. The zero-order valence-electron chi connectivity index (χ0n) is 9.45. The van der Waals surface area contributed by atoms with Crippen LogP contribution < -0.4 is 5.32 Å². The largest absolute Gasteiger partial charge is 0.375 e. The average Bonchev–Trinajstić information content (AvgIpc) is 2.78. The van der Waals surface area contributed by atoms with Gasteiger partial charge in [0.05, 0.1) is 17.3 Å². The minimum atomic E-state index is -0.427. The van der Waals surface area contributed by atoms with Gasteiger partial charge in [0.2, 0.25) is 0 Å². The number of imidazole rings is 1. The molecule has 0 fully saturated rings. The number of benzene rings is 1. The van der Waals surface area contributed by atoms with E-state index in [2.05, 4.69) is 10.3 Å². The second-order valence-electron chi connectivity index (χ2n) is 3.58. The summed E-state index contributed by atoms with van der Waals surface area (Å²) >= 11 is 5.70. The maximum Gasteiger partial charge on any atom is 0.164 e. The Hall–Kier alpha value is -1.55. The molecule has 1 aromatic heterocycles. The van der Waals surface area contributed by atoms with E-state index in [1.165, 1.54) is 6.07 Å². The molecular formula is C12H13ClFN3. The summed E-state index contributed by atoms with van der Waals surface area (Å²) in [7, 11) is 0. The number of hydrogen-bond donors (Lipinski definition) is 1. The van der Waals surface area contributed by atoms with Crippen LogP contribution in [0.2, 0.25) is 5.02 Å². The summed E-state index contributed by atoms with van der Waals surface area (Å²) in [6.45, 7) is 3.35. The monoisotopic (exact) mass is 253 g/mol. The van der Waals surface area contributed by atoms with Crippen molar-refractivity contribution in [1.29, 1.82) is 0 Å². The Morgan fingerprint density at radius 1 is 1.47 bits per heavy atom. The van der Waals surface area contributed by atoms with Crippen LogP contribution in [0.4, 0.5) is 10.1 Å². The highest BCUT2D eigenvalue weighted by atomic mass is 35.5. The average molecular weight is 254 g/mol. The zero-order valence-corrected chi connectivity index (χ0v) is 10.2. The van der Waals surface area contributed by atoms with Crippen molar-refractivity contribution in [3.8, 4) is 0 Å². The van der Waals surface area contributed by atoms with E-state index in [0.29, 0.717) is 12.2 Å². The van der Waals surface area contributed by atoms with Gasteiger partial charge in [-0.3, -0.25) is 0 Å². The summed E-state index contributed by atoms with van der Waals surface area (Å²) in [6.07, 6.45) is 3.63. The van der Waals surface area contributed by atoms with E-state index in [9.17, 15) is 4.39 Å². The van der Waals surface area contributed by atoms with E-state index in [1.54, 1.807) is 18.3 Å². The Bertz CT molecular complexity index is 510. The van der Waals surface area contributed by atoms with E-state index < -0.39 is 5.82 Å². The minimum Gasteiger partial charge on any atom is -0.375 e. The lowest BCUT2D eigenvalue weighted by molar-refractivity contribution is 0.629. The Balaban J connectivity index is 2.10. The second kappa shape index (κ2) is 5.19. The molecular weight excluding hydrogens is 241 g/mol. The maximum absolute atomic E-state index is 13.6. The Morgan fingerprint density at radius 3 is 3.06 bits per heavy atom. The smallest absolute Gasteiger partial charge is 0.164 e. The molecule has 0 atom stereocenters. The molecule has 0 aliphatic carbocycles. The van der Waals surface area contributed by atoms with Gasteiger partial charge in [-0.05, 0) is 19.1 Å². The van der Waals surface area contributed by atoms with E-state index in [1.807, 2.05) is 17.7 Å². The fourth-order valence-electron chi connectivity index (χ4n) is 1.61. The van der Waals surface area contributed by atoms with Gasteiger partial charge in [0.1, 0.15) is 5.82 Å². The molecule has 0 unspecified atom stereocenters. The lowest BCUT2D eigenvalue weighted by Crippen LogP contribution is -2.08. The van der Waals surface area contributed by atoms with E-state index >= 15 is 0 Å². The van der Waals surface area contributed by atoms with Crippen molar-refractivity contribution in [2.24, 2.45) is 0 Å². The van der Waals surface area contributed by atoms with Crippen LogP contribution in [0.3, 0.4) is 0 Å². The third kappa shape index (κ3) is 2.58. The Kier molecular flexibility index (Phi) is 3.64. The van der Waals surface area contributed by atoms with E-state index in [-0.39, 0.29) is 5.02 Å². The topological polar surface area (TPSA) is 29.9 Å². The van der Waals surface area contributed by atoms with Gasteiger partial charge in [-0.1, -0.05) is 17.7 Å². The first-order chi connectivity index (χ1) is 8.22. The molecule has 3 nitrogen and oxygen atoms in total. The highest BCUT2D eigenvalue weighted by molar-refractivity contribution is 6.31. The van der Waals surface area contributed by atoms with E-state index in [0.717, 1.165) is 12.4 Å². The van der Waals surface area contributed by atoms with Gasteiger partial charge in [-0.2, -0.15) is 0 Å². The Labute approximate surface area is 104 Å². The van der Waals surface area contributed by atoms with Gasteiger partial charge in [0, 0.05) is 18.9 Å². The summed E-state index contributed by atoms with van der Waals surface area (Å²) in [5, 5.41) is 3.11. The molecule has 0 bridgehead atoms. The molecule has 2 aromatic rings. The van der Waals surface area contributed by atoms with Crippen LogP contribution in [-0.2, 0) is 13.1 Å². The first-order valence-corrected chi connectivity index (χ1v) is 5.78. The van der Waals surface area contributed by atoms with Crippen molar-refractivity contribution >= 4 is 17.3 Å². The van der Waals surface area contributed by atoms with Crippen molar-refractivity contribution in [1.82, 2.24) is 9.55 Å². The van der Waals surface area contributed by atoms with Gasteiger partial charge in [-0.15, -0.1) is 0 Å². The number of nitrogens with one attached hydrogen (secondary N) is 1. The maximum atomic E-state index is 13.6.